The van der Waals surface area contributed by atoms with Crippen molar-refractivity contribution in [2.45, 2.75) is 26.7 Å². The van der Waals surface area contributed by atoms with Crippen LogP contribution in [0.3, 0.4) is 0 Å². The molecule has 2 aromatic rings. The molecule has 0 saturated heterocycles. The summed E-state index contributed by atoms with van der Waals surface area (Å²) in [6, 6.07) is 4.18. The molecule has 0 spiro atoms. The fourth-order valence-electron chi connectivity index (χ4n) is 2.04. The van der Waals surface area contributed by atoms with Gasteiger partial charge in [0.15, 0.2) is 0 Å². The highest BCUT2D eigenvalue weighted by Gasteiger charge is 2.25. The Morgan fingerprint density at radius 2 is 2.11 bits per heavy atom. The maximum atomic E-state index is 6.13. The molecule has 2 nitrogen and oxygen atoms in total. The summed E-state index contributed by atoms with van der Waals surface area (Å²) in [5.74, 6) is 1.66. The number of hydrogen-bond donors (Lipinski definition) is 1. The maximum absolute atomic E-state index is 6.13. The van der Waals surface area contributed by atoms with E-state index in [1.165, 1.54) is 10.1 Å². The van der Waals surface area contributed by atoms with Gasteiger partial charge in [0.1, 0.15) is 5.82 Å². The van der Waals surface area contributed by atoms with Crippen molar-refractivity contribution < 1.29 is 0 Å². The van der Waals surface area contributed by atoms with Crippen LogP contribution in [0.15, 0.2) is 23.7 Å². The molecule has 0 atom stereocenters. The van der Waals surface area contributed by atoms with E-state index in [2.05, 4.69) is 41.7 Å². The number of anilines is 1. The van der Waals surface area contributed by atoms with Crippen LogP contribution in [-0.4, -0.2) is 17.4 Å². The maximum Gasteiger partial charge on any atom is 0.134 e. The minimum absolute atomic E-state index is 0.168. The van der Waals surface area contributed by atoms with E-state index >= 15 is 0 Å². The molecule has 18 heavy (non-hydrogen) atoms. The monoisotopic (exact) mass is 282 g/mol. The lowest BCUT2D eigenvalue weighted by molar-refractivity contribution is 0.326. The predicted octanol–water partition coefficient (Wildman–Crippen LogP) is 4.75. The largest absolute Gasteiger partial charge is 0.369 e. The first-order valence-corrected chi connectivity index (χ1v) is 7.78. The highest BCUT2D eigenvalue weighted by Crippen LogP contribution is 2.30. The van der Waals surface area contributed by atoms with Gasteiger partial charge < -0.3 is 5.32 Å². The van der Waals surface area contributed by atoms with Gasteiger partial charge in [-0.3, -0.25) is 0 Å². The van der Waals surface area contributed by atoms with Crippen molar-refractivity contribution in [3.63, 3.8) is 0 Å². The van der Waals surface area contributed by atoms with Crippen LogP contribution in [-0.2, 0) is 0 Å². The number of aromatic nitrogens is 1. The molecule has 0 saturated carbocycles. The number of hydrogen-bond acceptors (Lipinski definition) is 3. The lowest BCUT2D eigenvalue weighted by Crippen LogP contribution is -2.30. The van der Waals surface area contributed by atoms with Crippen molar-refractivity contribution in [2.24, 2.45) is 5.41 Å². The zero-order valence-electron chi connectivity index (χ0n) is 10.9. The molecule has 0 fully saturated rings. The third-order valence-corrected chi connectivity index (χ3v) is 5.24. The van der Waals surface area contributed by atoms with E-state index in [1.807, 2.05) is 6.20 Å². The fraction of sp³-hybridized carbons (Fsp3) is 0.500. The lowest BCUT2D eigenvalue weighted by atomic mass is 9.84. The number of nitrogens with zero attached hydrogens (tertiary/aromatic N) is 1. The Balaban J connectivity index is 2.17. The van der Waals surface area contributed by atoms with Crippen LogP contribution in [0.1, 0.15) is 26.7 Å². The third kappa shape index (κ3) is 2.62. The highest BCUT2D eigenvalue weighted by atomic mass is 35.5. The Labute approximate surface area is 117 Å². The molecule has 0 amide bonds. The second-order valence-corrected chi connectivity index (χ2v) is 5.90. The van der Waals surface area contributed by atoms with Gasteiger partial charge >= 0.3 is 0 Å². The van der Waals surface area contributed by atoms with Crippen molar-refractivity contribution in [3.8, 4) is 0 Å². The van der Waals surface area contributed by atoms with E-state index in [0.29, 0.717) is 5.88 Å². The van der Waals surface area contributed by atoms with E-state index in [-0.39, 0.29) is 5.41 Å². The molecule has 1 N–H and O–H groups in total. The van der Waals surface area contributed by atoms with Crippen LogP contribution < -0.4 is 5.32 Å². The van der Waals surface area contributed by atoms with Crippen LogP contribution in [0.5, 0.6) is 0 Å². The zero-order valence-corrected chi connectivity index (χ0v) is 12.4. The summed E-state index contributed by atoms with van der Waals surface area (Å²) in [5, 5.41) is 6.79. The van der Waals surface area contributed by atoms with Crippen molar-refractivity contribution in [1.82, 2.24) is 4.98 Å². The number of alkyl halides is 1. The molecule has 0 aromatic carbocycles. The summed E-state index contributed by atoms with van der Waals surface area (Å²) in [5.41, 5.74) is 0.168. The predicted molar refractivity (Wildman–Crippen MR) is 81.8 cm³/mol. The van der Waals surface area contributed by atoms with Gasteiger partial charge in [0.25, 0.3) is 0 Å². The second kappa shape index (κ2) is 5.89. The van der Waals surface area contributed by atoms with E-state index in [4.69, 9.17) is 11.6 Å². The number of rotatable bonds is 6. The molecular weight excluding hydrogens is 264 g/mol. The topological polar surface area (TPSA) is 24.9 Å². The Morgan fingerprint density at radius 3 is 2.78 bits per heavy atom. The van der Waals surface area contributed by atoms with Gasteiger partial charge in [0.05, 0.1) is 0 Å². The SMILES string of the molecule is CCC(CC)(CCl)CNc1nccc2sccc12. The van der Waals surface area contributed by atoms with Crippen molar-refractivity contribution in [2.75, 3.05) is 17.7 Å². The van der Waals surface area contributed by atoms with Crippen LogP contribution >= 0.6 is 22.9 Å². The normalized spacial score (nSPS) is 11.9. The van der Waals surface area contributed by atoms with Gasteiger partial charge in [-0.05, 0) is 30.4 Å². The van der Waals surface area contributed by atoms with Crippen molar-refractivity contribution >= 4 is 38.8 Å². The van der Waals surface area contributed by atoms with Crippen LogP contribution in [0.25, 0.3) is 10.1 Å². The average molecular weight is 283 g/mol. The lowest BCUT2D eigenvalue weighted by Gasteiger charge is -2.29. The number of nitrogens with one attached hydrogen (secondary N) is 1. The number of halogens is 1. The number of pyridine rings is 1. The molecule has 0 radical (unpaired) electrons. The summed E-state index contributed by atoms with van der Waals surface area (Å²) < 4.78 is 1.27. The van der Waals surface area contributed by atoms with Gasteiger partial charge in [-0.25, -0.2) is 4.98 Å². The third-order valence-electron chi connectivity index (χ3n) is 3.79. The quantitative estimate of drug-likeness (QED) is 0.773. The second-order valence-electron chi connectivity index (χ2n) is 4.69. The molecule has 0 aliphatic rings. The number of fused-ring (bicyclic) bond motifs is 1. The van der Waals surface area contributed by atoms with Crippen LogP contribution in [0, 0.1) is 5.41 Å². The molecule has 2 aromatic heterocycles. The average Bonchev–Trinajstić information content (AvgIpc) is 2.90. The molecule has 0 aliphatic heterocycles. The van der Waals surface area contributed by atoms with Gasteiger partial charge in [-0.15, -0.1) is 22.9 Å². The Hall–Kier alpha value is -0.800. The van der Waals surface area contributed by atoms with Crippen molar-refractivity contribution in [3.05, 3.63) is 23.7 Å². The van der Waals surface area contributed by atoms with Crippen LogP contribution in [0.2, 0.25) is 0 Å². The van der Waals surface area contributed by atoms with Gasteiger partial charge in [-0.1, -0.05) is 13.8 Å². The summed E-state index contributed by atoms with van der Waals surface area (Å²) in [6.07, 6.45) is 4.03. The van der Waals surface area contributed by atoms with Gasteiger partial charge in [-0.2, -0.15) is 0 Å². The molecular formula is C14H19ClN2S. The fourth-order valence-corrected chi connectivity index (χ4v) is 3.30. The summed E-state index contributed by atoms with van der Waals surface area (Å²) in [7, 11) is 0. The van der Waals surface area contributed by atoms with E-state index in [1.54, 1.807) is 11.3 Å². The Morgan fingerprint density at radius 1 is 1.33 bits per heavy atom. The van der Waals surface area contributed by atoms with E-state index < -0.39 is 0 Å². The number of thiophene rings is 1. The first-order chi connectivity index (χ1) is 8.74. The zero-order chi connectivity index (χ0) is 13.0. The highest BCUT2D eigenvalue weighted by molar-refractivity contribution is 7.17. The summed E-state index contributed by atoms with van der Waals surface area (Å²) in [6.45, 7) is 5.28. The minimum Gasteiger partial charge on any atom is -0.369 e. The van der Waals surface area contributed by atoms with Gasteiger partial charge in [0, 0.05) is 34.1 Å². The molecule has 98 valence electrons. The smallest absolute Gasteiger partial charge is 0.134 e. The standard InChI is InChI=1S/C14H19ClN2S/c1-3-14(4-2,9-15)10-17-13-11-6-8-18-12(11)5-7-16-13/h5-8H,3-4,9-10H2,1-2H3,(H,16,17). The first-order valence-electron chi connectivity index (χ1n) is 6.36. The van der Waals surface area contributed by atoms with Crippen molar-refractivity contribution in [1.29, 1.82) is 0 Å². The van der Waals surface area contributed by atoms with Gasteiger partial charge in [0.2, 0.25) is 0 Å². The Kier molecular flexibility index (Phi) is 4.46. The first kappa shape index (κ1) is 13.6. The van der Waals surface area contributed by atoms with E-state index in [0.717, 1.165) is 25.2 Å². The molecule has 0 aliphatic carbocycles. The molecule has 4 heteroatoms. The molecule has 0 unspecified atom stereocenters. The van der Waals surface area contributed by atoms with E-state index in [9.17, 15) is 0 Å². The summed E-state index contributed by atoms with van der Waals surface area (Å²) >= 11 is 7.88. The minimum atomic E-state index is 0.168. The molecule has 2 rings (SSSR count). The summed E-state index contributed by atoms with van der Waals surface area (Å²) in [4.78, 5) is 4.44. The van der Waals surface area contributed by atoms with Crippen LogP contribution in [0.4, 0.5) is 5.82 Å². The molecule has 2 heterocycles. The molecule has 0 bridgehead atoms. The Bertz CT molecular complexity index is 497.